The summed E-state index contributed by atoms with van der Waals surface area (Å²) in [5.41, 5.74) is 1.08. The number of hydrogen-bond donors (Lipinski definition) is 1. The van der Waals surface area contributed by atoms with E-state index in [4.69, 9.17) is 5.11 Å². The quantitative estimate of drug-likeness (QED) is 0.875. The fraction of sp³-hybridized carbons (Fsp3) is 0.385. The minimum absolute atomic E-state index is 0.183. The second kappa shape index (κ2) is 6.11. The SMILES string of the molecule is CCCc1nc(-c2cccs2)sc1CCC(=O)O. The number of carboxylic acids is 1. The Morgan fingerprint density at radius 3 is 2.89 bits per heavy atom. The van der Waals surface area contributed by atoms with E-state index >= 15 is 0 Å². The Morgan fingerprint density at radius 2 is 2.28 bits per heavy atom. The maximum atomic E-state index is 10.7. The molecule has 0 aromatic carbocycles. The topological polar surface area (TPSA) is 50.2 Å². The Hall–Kier alpha value is -1.20. The minimum atomic E-state index is -0.747. The Labute approximate surface area is 114 Å². The minimum Gasteiger partial charge on any atom is -0.481 e. The monoisotopic (exact) mass is 281 g/mol. The second-order valence-corrected chi connectivity index (χ2v) is 6.04. The molecular formula is C13H15NO2S2. The van der Waals surface area contributed by atoms with Crippen LogP contribution in [0.1, 0.15) is 30.3 Å². The van der Waals surface area contributed by atoms with Gasteiger partial charge in [0, 0.05) is 4.88 Å². The largest absolute Gasteiger partial charge is 0.481 e. The van der Waals surface area contributed by atoms with Crippen molar-refractivity contribution in [3.05, 3.63) is 28.1 Å². The molecule has 96 valence electrons. The molecule has 2 aromatic heterocycles. The number of nitrogens with zero attached hydrogens (tertiary/aromatic N) is 1. The summed E-state index contributed by atoms with van der Waals surface area (Å²) < 4.78 is 0. The second-order valence-electron chi connectivity index (χ2n) is 4.01. The van der Waals surface area contributed by atoms with Gasteiger partial charge in [0.1, 0.15) is 5.01 Å². The smallest absolute Gasteiger partial charge is 0.303 e. The van der Waals surface area contributed by atoms with Gasteiger partial charge in [-0.15, -0.1) is 22.7 Å². The average Bonchev–Trinajstić information content (AvgIpc) is 2.95. The first-order valence-electron chi connectivity index (χ1n) is 5.95. The Bertz CT molecular complexity index is 517. The summed E-state index contributed by atoms with van der Waals surface area (Å²) in [5.74, 6) is -0.747. The van der Waals surface area contributed by atoms with E-state index in [1.165, 1.54) is 4.88 Å². The summed E-state index contributed by atoms with van der Waals surface area (Å²) >= 11 is 3.31. The molecule has 0 saturated heterocycles. The van der Waals surface area contributed by atoms with Crippen LogP contribution in [0, 0.1) is 0 Å². The van der Waals surface area contributed by atoms with Gasteiger partial charge in [-0.25, -0.2) is 4.98 Å². The van der Waals surface area contributed by atoms with Crippen molar-refractivity contribution >= 4 is 28.6 Å². The van der Waals surface area contributed by atoms with Crippen LogP contribution >= 0.6 is 22.7 Å². The van der Waals surface area contributed by atoms with Gasteiger partial charge in [-0.2, -0.15) is 0 Å². The Kier molecular flexibility index (Phi) is 4.49. The van der Waals surface area contributed by atoms with Gasteiger partial charge in [-0.3, -0.25) is 4.79 Å². The third kappa shape index (κ3) is 3.17. The molecule has 0 atom stereocenters. The highest BCUT2D eigenvalue weighted by molar-refractivity contribution is 7.21. The molecule has 5 heteroatoms. The zero-order valence-corrected chi connectivity index (χ0v) is 11.8. The molecule has 0 fully saturated rings. The molecule has 0 aliphatic carbocycles. The summed E-state index contributed by atoms with van der Waals surface area (Å²) in [4.78, 5) is 17.6. The van der Waals surface area contributed by atoms with E-state index in [9.17, 15) is 4.79 Å². The van der Waals surface area contributed by atoms with E-state index in [1.54, 1.807) is 22.7 Å². The molecule has 0 amide bonds. The number of aliphatic carboxylic acids is 1. The Morgan fingerprint density at radius 1 is 1.44 bits per heavy atom. The molecule has 0 radical (unpaired) electrons. The highest BCUT2D eigenvalue weighted by Crippen LogP contribution is 2.32. The van der Waals surface area contributed by atoms with Crippen molar-refractivity contribution in [1.29, 1.82) is 0 Å². The van der Waals surface area contributed by atoms with E-state index < -0.39 is 5.97 Å². The molecule has 0 saturated carbocycles. The maximum Gasteiger partial charge on any atom is 0.303 e. The molecule has 2 rings (SSSR count). The summed E-state index contributed by atoms with van der Waals surface area (Å²) in [6, 6.07) is 4.07. The van der Waals surface area contributed by atoms with E-state index in [0.29, 0.717) is 6.42 Å². The highest BCUT2D eigenvalue weighted by Gasteiger charge is 2.13. The van der Waals surface area contributed by atoms with Crippen LogP contribution in [0.3, 0.4) is 0 Å². The standard InChI is InChI=1S/C13H15NO2S2/c1-2-4-9-10(6-7-12(15)16)18-13(14-9)11-5-3-8-17-11/h3,5,8H,2,4,6-7H2,1H3,(H,15,16). The van der Waals surface area contributed by atoms with Crippen LogP contribution in [0.15, 0.2) is 17.5 Å². The van der Waals surface area contributed by atoms with Crippen LogP contribution in [-0.4, -0.2) is 16.1 Å². The lowest BCUT2D eigenvalue weighted by Gasteiger charge is -1.97. The van der Waals surface area contributed by atoms with Gasteiger partial charge < -0.3 is 5.11 Å². The van der Waals surface area contributed by atoms with Crippen molar-refractivity contribution in [1.82, 2.24) is 4.98 Å². The molecule has 0 bridgehead atoms. The van der Waals surface area contributed by atoms with Crippen LogP contribution in [-0.2, 0) is 17.6 Å². The molecule has 0 aliphatic heterocycles. The number of carbonyl (C=O) groups is 1. The van der Waals surface area contributed by atoms with Gasteiger partial charge in [0.25, 0.3) is 0 Å². The molecule has 0 unspecified atom stereocenters. The van der Waals surface area contributed by atoms with Gasteiger partial charge >= 0.3 is 5.97 Å². The molecule has 3 nitrogen and oxygen atoms in total. The molecule has 2 heterocycles. The molecule has 0 spiro atoms. The molecule has 0 aliphatic rings. The summed E-state index contributed by atoms with van der Waals surface area (Å²) in [6.07, 6.45) is 2.74. The number of thiazole rings is 1. The average molecular weight is 281 g/mol. The van der Waals surface area contributed by atoms with Gasteiger partial charge in [0.15, 0.2) is 0 Å². The van der Waals surface area contributed by atoms with Crippen molar-refractivity contribution in [3.8, 4) is 9.88 Å². The highest BCUT2D eigenvalue weighted by atomic mass is 32.1. The fourth-order valence-electron chi connectivity index (χ4n) is 1.74. The fourth-order valence-corrected chi connectivity index (χ4v) is 3.64. The number of carboxylic acid groups (broad SMARTS) is 1. The number of rotatable bonds is 6. The van der Waals surface area contributed by atoms with Crippen molar-refractivity contribution in [2.24, 2.45) is 0 Å². The first-order chi connectivity index (χ1) is 8.70. The van der Waals surface area contributed by atoms with E-state index in [1.807, 2.05) is 11.4 Å². The maximum absolute atomic E-state index is 10.7. The Balaban J connectivity index is 2.23. The van der Waals surface area contributed by atoms with Gasteiger partial charge in [-0.05, 0) is 24.3 Å². The van der Waals surface area contributed by atoms with Crippen molar-refractivity contribution < 1.29 is 9.90 Å². The normalized spacial score (nSPS) is 10.7. The number of thiophene rings is 1. The lowest BCUT2D eigenvalue weighted by Crippen LogP contribution is -1.98. The molecule has 18 heavy (non-hydrogen) atoms. The zero-order valence-electron chi connectivity index (χ0n) is 10.2. The van der Waals surface area contributed by atoms with Crippen LogP contribution in [0.5, 0.6) is 0 Å². The van der Waals surface area contributed by atoms with Crippen molar-refractivity contribution in [3.63, 3.8) is 0 Å². The van der Waals surface area contributed by atoms with Crippen molar-refractivity contribution in [2.75, 3.05) is 0 Å². The number of aromatic nitrogens is 1. The lowest BCUT2D eigenvalue weighted by atomic mass is 10.2. The van der Waals surface area contributed by atoms with Gasteiger partial charge in [0.2, 0.25) is 0 Å². The van der Waals surface area contributed by atoms with Crippen LogP contribution in [0.2, 0.25) is 0 Å². The zero-order chi connectivity index (χ0) is 13.0. The summed E-state index contributed by atoms with van der Waals surface area (Å²) in [5, 5.41) is 11.8. The summed E-state index contributed by atoms with van der Waals surface area (Å²) in [6.45, 7) is 2.12. The van der Waals surface area contributed by atoms with Gasteiger partial charge in [0.05, 0.1) is 17.0 Å². The van der Waals surface area contributed by atoms with Crippen LogP contribution in [0.4, 0.5) is 0 Å². The predicted molar refractivity (Wildman–Crippen MR) is 75.4 cm³/mol. The van der Waals surface area contributed by atoms with E-state index in [-0.39, 0.29) is 6.42 Å². The first kappa shape index (κ1) is 13.2. The van der Waals surface area contributed by atoms with Gasteiger partial charge in [-0.1, -0.05) is 19.4 Å². The third-order valence-corrected chi connectivity index (χ3v) is 4.76. The predicted octanol–water partition coefficient (Wildman–Crippen LogP) is 3.84. The number of hydrogen-bond acceptors (Lipinski definition) is 4. The molecule has 1 N–H and O–H groups in total. The number of aryl methyl sites for hydroxylation is 2. The summed E-state index contributed by atoms with van der Waals surface area (Å²) in [7, 11) is 0. The van der Waals surface area contributed by atoms with Crippen molar-refractivity contribution in [2.45, 2.75) is 32.6 Å². The third-order valence-electron chi connectivity index (χ3n) is 2.56. The molecule has 2 aromatic rings. The lowest BCUT2D eigenvalue weighted by molar-refractivity contribution is -0.136. The van der Waals surface area contributed by atoms with E-state index in [2.05, 4.69) is 18.0 Å². The van der Waals surface area contributed by atoms with Crippen LogP contribution < -0.4 is 0 Å². The van der Waals surface area contributed by atoms with Crippen LogP contribution in [0.25, 0.3) is 9.88 Å². The first-order valence-corrected chi connectivity index (χ1v) is 7.64. The molecular weight excluding hydrogens is 266 g/mol. The van der Waals surface area contributed by atoms with E-state index in [0.717, 1.165) is 28.4 Å².